The smallest absolute Gasteiger partial charge is 0.281 e. The second-order valence-electron chi connectivity index (χ2n) is 7.11. The number of nitrogens with one attached hydrogen (secondary N) is 1. The third-order valence-electron chi connectivity index (χ3n) is 5.11. The summed E-state index contributed by atoms with van der Waals surface area (Å²) in [4.78, 5) is 35.1. The Morgan fingerprint density at radius 1 is 0.969 bits per heavy atom. The van der Waals surface area contributed by atoms with Gasteiger partial charge in [-0.2, -0.15) is 0 Å². The van der Waals surface area contributed by atoms with E-state index in [1.165, 1.54) is 15.3 Å². The Bertz CT molecular complexity index is 1550. The van der Waals surface area contributed by atoms with Gasteiger partial charge in [0, 0.05) is 23.5 Å². The molecule has 0 saturated carbocycles. The molecule has 3 heterocycles. The maximum Gasteiger partial charge on any atom is 0.281 e. The van der Waals surface area contributed by atoms with Gasteiger partial charge in [0.05, 0.1) is 45.7 Å². The van der Waals surface area contributed by atoms with Crippen molar-refractivity contribution in [3.63, 3.8) is 0 Å². The van der Waals surface area contributed by atoms with E-state index in [4.69, 9.17) is 23.2 Å². The molecule has 0 unspecified atom stereocenters. The molecule has 5 rings (SSSR count). The summed E-state index contributed by atoms with van der Waals surface area (Å²) in [6.07, 6.45) is 4.70. The Balaban J connectivity index is 1.85. The first-order valence-corrected chi connectivity index (χ1v) is 10.4. The molecule has 0 atom stereocenters. The highest BCUT2D eigenvalue weighted by molar-refractivity contribution is 6.32. The molecule has 0 aliphatic rings. The highest BCUT2D eigenvalue weighted by Gasteiger charge is 2.20. The van der Waals surface area contributed by atoms with Crippen molar-refractivity contribution < 1.29 is 0 Å². The van der Waals surface area contributed by atoms with Crippen LogP contribution in [0.2, 0.25) is 10.0 Å². The lowest BCUT2D eigenvalue weighted by atomic mass is 10.1. The average Bonchev–Trinajstić information content (AvgIpc) is 3.11. The summed E-state index contributed by atoms with van der Waals surface area (Å²) < 4.78 is 2.86. The van der Waals surface area contributed by atoms with Gasteiger partial charge in [0.25, 0.3) is 11.1 Å². The zero-order valence-corrected chi connectivity index (χ0v) is 18.0. The van der Waals surface area contributed by atoms with E-state index in [1.807, 2.05) is 0 Å². The Morgan fingerprint density at radius 2 is 1.75 bits per heavy atom. The summed E-state index contributed by atoms with van der Waals surface area (Å²) in [7, 11) is 0. The van der Waals surface area contributed by atoms with Crippen LogP contribution in [-0.4, -0.2) is 24.3 Å². The van der Waals surface area contributed by atoms with Crippen molar-refractivity contribution in [3.8, 4) is 16.9 Å². The number of hydrogen-bond donors (Lipinski definition) is 1. The lowest BCUT2D eigenvalue weighted by Gasteiger charge is -2.13. The third kappa shape index (κ3) is 3.51. The predicted octanol–water partition coefficient (Wildman–Crippen LogP) is 4.29. The lowest BCUT2D eigenvalue weighted by Crippen LogP contribution is -2.24. The molecule has 0 fully saturated rings. The second-order valence-corrected chi connectivity index (χ2v) is 7.96. The molecular formula is C23H15Cl2N5O2. The zero-order chi connectivity index (χ0) is 22.2. The highest BCUT2D eigenvalue weighted by atomic mass is 35.5. The predicted molar refractivity (Wildman–Crippen MR) is 125 cm³/mol. The van der Waals surface area contributed by atoms with Crippen LogP contribution in [0.15, 0.2) is 82.8 Å². The molecule has 7 nitrogen and oxygen atoms in total. The van der Waals surface area contributed by atoms with Gasteiger partial charge in [0.1, 0.15) is 0 Å². The molecule has 0 amide bonds. The molecule has 5 aromatic rings. The van der Waals surface area contributed by atoms with E-state index in [0.29, 0.717) is 43.6 Å². The minimum Gasteiger partial charge on any atom is -0.301 e. The highest BCUT2D eigenvalue weighted by Crippen LogP contribution is 2.28. The van der Waals surface area contributed by atoms with Crippen LogP contribution >= 0.6 is 23.2 Å². The molecule has 3 aromatic heterocycles. The first kappa shape index (κ1) is 20.2. The van der Waals surface area contributed by atoms with E-state index in [0.717, 1.165) is 0 Å². The number of halogens is 2. The van der Waals surface area contributed by atoms with Gasteiger partial charge in [-0.25, -0.2) is 4.68 Å². The summed E-state index contributed by atoms with van der Waals surface area (Å²) in [5.41, 5.74) is 1.99. The molecule has 0 aliphatic heterocycles. The fourth-order valence-electron chi connectivity index (χ4n) is 3.68. The van der Waals surface area contributed by atoms with E-state index in [9.17, 15) is 9.59 Å². The van der Waals surface area contributed by atoms with Gasteiger partial charge in [-0.1, -0.05) is 47.5 Å². The Hall–Kier alpha value is -3.68. The number of hydrogen-bond acceptors (Lipinski definition) is 4. The minimum atomic E-state index is -0.328. The quantitative estimate of drug-likeness (QED) is 0.430. The van der Waals surface area contributed by atoms with E-state index >= 15 is 0 Å². The largest absolute Gasteiger partial charge is 0.301 e. The molecule has 158 valence electrons. The Morgan fingerprint density at radius 3 is 2.47 bits per heavy atom. The summed E-state index contributed by atoms with van der Waals surface area (Å²) in [6, 6.07) is 15.4. The summed E-state index contributed by atoms with van der Waals surface area (Å²) in [5, 5.41) is 4.34. The van der Waals surface area contributed by atoms with Crippen LogP contribution in [0.25, 0.3) is 27.8 Å². The van der Waals surface area contributed by atoms with E-state index in [2.05, 4.69) is 15.1 Å². The second kappa shape index (κ2) is 8.11. The van der Waals surface area contributed by atoms with Crippen LogP contribution in [0.5, 0.6) is 0 Å². The lowest BCUT2D eigenvalue weighted by molar-refractivity contribution is 0.748. The number of aromatic amines is 1. The van der Waals surface area contributed by atoms with Crippen molar-refractivity contribution in [1.29, 1.82) is 0 Å². The molecule has 32 heavy (non-hydrogen) atoms. The standard InChI is InChI=1S/C23H15Cl2N5O2/c24-15-7-5-14(6-8-15)22-21-18(11-20(31)29(22)13-16-12-26-9-10-27-16)28-30(23(21)32)19-4-2-1-3-17(19)25/h1-12,28H,13H2. The molecule has 2 aromatic carbocycles. The van der Waals surface area contributed by atoms with Crippen molar-refractivity contribution in [2.75, 3.05) is 0 Å². The Kier molecular flexibility index (Phi) is 5.13. The fourth-order valence-corrected chi connectivity index (χ4v) is 4.02. The molecular weight excluding hydrogens is 449 g/mol. The van der Waals surface area contributed by atoms with Crippen LogP contribution in [0.3, 0.4) is 0 Å². The molecule has 0 radical (unpaired) electrons. The molecule has 0 spiro atoms. The van der Waals surface area contributed by atoms with E-state index in [-0.39, 0.29) is 17.7 Å². The van der Waals surface area contributed by atoms with Gasteiger partial charge in [0.2, 0.25) is 0 Å². The molecule has 1 N–H and O–H groups in total. The third-order valence-corrected chi connectivity index (χ3v) is 5.68. The van der Waals surface area contributed by atoms with E-state index < -0.39 is 0 Å². The number of aromatic nitrogens is 5. The van der Waals surface area contributed by atoms with Gasteiger partial charge in [-0.05, 0) is 29.8 Å². The number of rotatable bonds is 4. The van der Waals surface area contributed by atoms with Gasteiger partial charge < -0.3 is 4.57 Å². The van der Waals surface area contributed by atoms with Crippen molar-refractivity contribution in [3.05, 3.63) is 110 Å². The summed E-state index contributed by atoms with van der Waals surface area (Å²) in [5.74, 6) is 0. The number of benzene rings is 2. The first-order chi connectivity index (χ1) is 15.5. The topological polar surface area (TPSA) is 85.6 Å². The van der Waals surface area contributed by atoms with Gasteiger partial charge in [-0.15, -0.1) is 0 Å². The van der Waals surface area contributed by atoms with Gasteiger partial charge >= 0.3 is 0 Å². The molecule has 9 heteroatoms. The first-order valence-electron chi connectivity index (χ1n) is 9.67. The maximum atomic E-state index is 13.6. The van der Waals surface area contributed by atoms with Crippen LogP contribution < -0.4 is 11.1 Å². The van der Waals surface area contributed by atoms with Crippen molar-refractivity contribution >= 4 is 34.1 Å². The fraction of sp³-hybridized carbons (Fsp3) is 0.0435. The molecule has 0 bridgehead atoms. The number of nitrogens with zero attached hydrogens (tertiary/aromatic N) is 4. The van der Waals surface area contributed by atoms with Crippen LogP contribution in [0.4, 0.5) is 0 Å². The van der Waals surface area contributed by atoms with Gasteiger partial charge in [-0.3, -0.25) is 24.7 Å². The van der Waals surface area contributed by atoms with Crippen LogP contribution in [-0.2, 0) is 6.54 Å². The number of pyridine rings is 1. The summed E-state index contributed by atoms with van der Waals surface area (Å²) >= 11 is 12.4. The maximum absolute atomic E-state index is 13.6. The van der Waals surface area contributed by atoms with Crippen LogP contribution in [0.1, 0.15) is 5.69 Å². The van der Waals surface area contributed by atoms with Crippen LogP contribution in [0, 0.1) is 0 Å². The van der Waals surface area contributed by atoms with Gasteiger partial charge in [0.15, 0.2) is 0 Å². The van der Waals surface area contributed by atoms with Crippen molar-refractivity contribution in [1.82, 2.24) is 24.3 Å². The van der Waals surface area contributed by atoms with Crippen molar-refractivity contribution in [2.45, 2.75) is 6.54 Å². The number of fused-ring (bicyclic) bond motifs is 1. The molecule has 0 aliphatic carbocycles. The zero-order valence-electron chi connectivity index (χ0n) is 16.5. The Labute approximate surface area is 191 Å². The average molecular weight is 464 g/mol. The molecule has 0 saturated heterocycles. The minimum absolute atomic E-state index is 0.150. The monoisotopic (exact) mass is 463 g/mol. The number of H-pyrrole nitrogens is 1. The van der Waals surface area contributed by atoms with Crippen molar-refractivity contribution in [2.24, 2.45) is 0 Å². The SMILES string of the molecule is O=c1c2c(-c3ccc(Cl)cc3)n(Cc3cnccn3)c(=O)cc2[nH]n1-c1ccccc1Cl. The van der Waals surface area contributed by atoms with E-state index in [1.54, 1.807) is 67.1 Å². The normalized spacial score (nSPS) is 11.2. The number of para-hydroxylation sites is 1. The summed E-state index contributed by atoms with van der Waals surface area (Å²) in [6.45, 7) is 0.150.